The molecule has 2 aromatic rings. The second-order valence-electron chi connectivity index (χ2n) is 6.05. The minimum atomic E-state index is -0.0880. The van der Waals surface area contributed by atoms with Crippen LogP contribution >= 0.6 is 0 Å². The van der Waals surface area contributed by atoms with Crippen molar-refractivity contribution < 1.29 is 9.53 Å². The maximum atomic E-state index is 12.6. The number of benzene rings is 1. The number of carbonyl (C=O) groups excluding carboxylic acids is 1. The predicted octanol–water partition coefficient (Wildman–Crippen LogP) is 1.56. The standard InChI is InChI=1S/C17H22N4O2/c1-13-11-23-12-16-10-18-20-21(16)8-7-15(17(22)19-13)9-14-5-3-2-4-6-14/h2-6,10,13,15H,7-9,11-12H2,1H3,(H,19,22)/t13-,15+/m1/s1. The smallest absolute Gasteiger partial charge is 0.223 e. The monoisotopic (exact) mass is 314 g/mol. The highest BCUT2D eigenvalue weighted by Crippen LogP contribution is 2.16. The number of ether oxygens (including phenoxy) is 1. The quantitative estimate of drug-likeness (QED) is 0.913. The van der Waals surface area contributed by atoms with Gasteiger partial charge in [-0.1, -0.05) is 35.5 Å². The SMILES string of the molecule is C[C@@H]1COCc2cnnn2CC[C@@H](Cc2ccccc2)C(=O)N1. The Morgan fingerprint density at radius 2 is 2.17 bits per heavy atom. The van der Waals surface area contributed by atoms with Crippen LogP contribution in [0.3, 0.4) is 0 Å². The van der Waals surface area contributed by atoms with Gasteiger partial charge in [-0.15, -0.1) is 5.10 Å². The van der Waals surface area contributed by atoms with Crippen LogP contribution in [0.5, 0.6) is 0 Å². The van der Waals surface area contributed by atoms with Crippen molar-refractivity contribution in [3.05, 3.63) is 47.8 Å². The third-order valence-corrected chi connectivity index (χ3v) is 4.09. The molecule has 3 rings (SSSR count). The summed E-state index contributed by atoms with van der Waals surface area (Å²) in [4.78, 5) is 12.6. The molecule has 2 atom stereocenters. The largest absolute Gasteiger partial charge is 0.373 e. The van der Waals surface area contributed by atoms with Crippen LogP contribution in [0.4, 0.5) is 0 Å². The van der Waals surface area contributed by atoms with Gasteiger partial charge in [0.15, 0.2) is 0 Å². The Kier molecular flexibility index (Phi) is 5.02. The first-order chi connectivity index (χ1) is 11.2. The maximum Gasteiger partial charge on any atom is 0.223 e. The summed E-state index contributed by atoms with van der Waals surface area (Å²) in [5.74, 6) is -0.0106. The number of fused-ring (bicyclic) bond motifs is 1. The van der Waals surface area contributed by atoms with E-state index in [4.69, 9.17) is 4.74 Å². The van der Waals surface area contributed by atoms with Gasteiger partial charge in [-0.3, -0.25) is 4.79 Å². The summed E-state index contributed by atoms with van der Waals surface area (Å²) in [6.45, 7) is 3.58. The summed E-state index contributed by atoms with van der Waals surface area (Å²) >= 11 is 0. The van der Waals surface area contributed by atoms with Crippen molar-refractivity contribution in [2.75, 3.05) is 6.61 Å². The molecular weight excluding hydrogens is 292 g/mol. The van der Waals surface area contributed by atoms with E-state index in [-0.39, 0.29) is 17.9 Å². The van der Waals surface area contributed by atoms with Crippen LogP contribution in [0.15, 0.2) is 36.5 Å². The first kappa shape index (κ1) is 15.7. The Balaban J connectivity index is 1.77. The van der Waals surface area contributed by atoms with Gasteiger partial charge in [-0.25, -0.2) is 4.68 Å². The number of hydrogen-bond donors (Lipinski definition) is 1. The zero-order chi connectivity index (χ0) is 16.1. The van der Waals surface area contributed by atoms with E-state index < -0.39 is 0 Å². The van der Waals surface area contributed by atoms with E-state index in [1.807, 2.05) is 29.8 Å². The van der Waals surface area contributed by atoms with E-state index in [9.17, 15) is 4.79 Å². The summed E-state index contributed by atoms with van der Waals surface area (Å²) in [6, 6.07) is 10.1. The van der Waals surface area contributed by atoms with Gasteiger partial charge >= 0.3 is 0 Å². The van der Waals surface area contributed by atoms with E-state index in [1.165, 1.54) is 5.56 Å². The van der Waals surface area contributed by atoms with Gasteiger partial charge in [0.05, 0.1) is 25.1 Å². The lowest BCUT2D eigenvalue weighted by atomic mass is 9.95. The van der Waals surface area contributed by atoms with Crippen molar-refractivity contribution >= 4 is 5.91 Å². The van der Waals surface area contributed by atoms with Crippen LogP contribution < -0.4 is 5.32 Å². The molecular formula is C17H22N4O2. The normalized spacial score (nSPS) is 22.7. The number of carbonyl (C=O) groups is 1. The highest BCUT2D eigenvalue weighted by Gasteiger charge is 2.22. The minimum absolute atomic E-state index is 0.0109. The average Bonchev–Trinajstić information content (AvgIpc) is 2.98. The Hall–Kier alpha value is -2.21. The molecule has 6 nitrogen and oxygen atoms in total. The molecule has 1 N–H and O–H groups in total. The Morgan fingerprint density at radius 3 is 3.00 bits per heavy atom. The maximum absolute atomic E-state index is 12.6. The third-order valence-electron chi connectivity index (χ3n) is 4.09. The van der Waals surface area contributed by atoms with E-state index in [0.717, 1.165) is 18.5 Å². The number of aromatic nitrogens is 3. The lowest BCUT2D eigenvalue weighted by Gasteiger charge is -2.19. The molecule has 1 aliphatic rings. The molecule has 1 amide bonds. The topological polar surface area (TPSA) is 69.0 Å². The Bertz CT molecular complexity index is 641. The summed E-state index contributed by atoms with van der Waals surface area (Å²) < 4.78 is 7.48. The predicted molar refractivity (Wildman–Crippen MR) is 85.5 cm³/mol. The summed E-state index contributed by atoms with van der Waals surface area (Å²) in [7, 11) is 0. The molecule has 0 unspecified atom stereocenters. The summed E-state index contributed by atoms with van der Waals surface area (Å²) in [5.41, 5.74) is 2.12. The molecule has 0 aliphatic carbocycles. The molecule has 23 heavy (non-hydrogen) atoms. The fourth-order valence-electron chi connectivity index (χ4n) is 2.82. The van der Waals surface area contributed by atoms with Crippen molar-refractivity contribution in [2.24, 2.45) is 5.92 Å². The molecule has 0 spiro atoms. The van der Waals surface area contributed by atoms with Gasteiger partial charge in [0.1, 0.15) is 0 Å². The van der Waals surface area contributed by atoms with Crippen molar-refractivity contribution in [1.82, 2.24) is 20.3 Å². The van der Waals surface area contributed by atoms with Crippen molar-refractivity contribution in [3.63, 3.8) is 0 Å². The molecule has 122 valence electrons. The number of aryl methyl sites for hydroxylation is 1. The first-order valence-corrected chi connectivity index (χ1v) is 8.02. The highest BCUT2D eigenvalue weighted by atomic mass is 16.5. The van der Waals surface area contributed by atoms with Crippen LogP contribution in [0.1, 0.15) is 24.6 Å². The lowest BCUT2D eigenvalue weighted by molar-refractivity contribution is -0.126. The highest BCUT2D eigenvalue weighted by molar-refractivity contribution is 5.79. The molecule has 1 aliphatic heterocycles. The van der Waals surface area contributed by atoms with Crippen LogP contribution in [0.2, 0.25) is 0 Å². The van der Waals surface area contributed by atoms with Crippen LogP contribution in [-0.2, 0) is 29.1 Å². The van der Waals surface area contributed by atoms with Crippen molar-refractivity contribution in [3.8, 4) is 0 Å². The number of nitrogens with zero attached hydrogens (tertiary/aromatic N) is 3. The van der Waals surface area contributed by atoms with E-state index >= 15 is 0 Å². The third kappa shape index (κ3) is 4.16. The van der Waals surface area contributed by atoms with Gasteiger partial charge < -0.3 is 10.1 Å². The molecule has 2 heterocycles. The van der Waals surface area contributed by atoms with Crippen LogP contribution in [0.25, 0.3) is 0 Å². The molecule has 1 aromatic carbocycles. The van der Waals surface area contributed by atoms with Crippen molar-refractivity contribution in [1.29, 1.82) is 0 Å². The fraction of sp³-hybridized carbons (Fsp3) is 0.471. The van der Waals surface area contributed by atoms with Gasteiger partial charge in [0.25, 0.3) is 0 Å². The van der Waals surface area contributed by atoms with Crippen LogP contribution in [-0.4, -0.2) is 33.5 Å². The number of nitrogens with one attached hydrogen (secondary N) is 1. The number of amides is 1. The second kappa shape index (κ2) is 7.37. The molecule has 0 saturated heterocycles. The first-order valence-electron chi connectivity index (χ1n) is 8.02. The van der Waals surface area contributed by atoms with E-state index in [2.05, 4.69) is 27.8 Å². The second-order valence-corrected chi connectivity index (χ2v) is 6.05. The lowest BCUT2D eigenvalue weighted by Crippen LogP contribution is -2.40. The van der Waals surface area contributed by atoms with E-state index in [0.29, 0.717) is 19.8 Å². The molecule has 1 aromatic heterocycles. The molecule has 0 fully saturated rings. The Labute approximate surface area is 135 Å². The van der Waals surface area contributed by atoms with Crippen molar-refractivity contribution in [2.45, 2.75) is 39.0 Å². The van der Waals surface area contributed by atoms with Gasteiger partial charge in [0, 0.05) is 18.5 Å². The number of rotatable bonds is 2. The fourth-order valence-corrected chi connectivity index (χ4v) is 2.82. The Morgan fingerprint density at radius 1 is 1.35 bits per heavy atom. The summed E-state index contributed by atoms with van der Waals surface area (Å²) in [5, 5.41) is 11.1. The van der Waals surface area contributed by atoms with Gasteiger partial charge in [-0.2, -0.15) is 0 Å². The number of hydrogen-bond acceptors (Lipinski definition) is 4. The molecule has 6 heteroatoms. The van der Waals surface area contributed by atoms with Crippen LogP contribution in [0, 0.1) is 5.92 Å². The zero-order valence-electron chi connectivity index (χ0n) is 13.3. The minimum Gasteiger partial charge on any atom is -0.373 e. The zero-order valence-corrected chi connectivity index (χ0v) is 13.3. The average molecular weight is 314 g/mol. The molecule has 0 radical (unpaired) electrons. The van der Waals surface area contributed by atoms with E-state index in [1.54, 1.807) is 6.20 Å². The van der Waals surface area contributed by atoms with Gasteiger partial charge in [0.2, 0.25) is 5.91 Å². The summed E-state index contributed by atoms with van der Waals surface area (Å²) in [6.07, 6.45) is 3.18. The molecule has 0 bridgehead atoms. The van der Waals surface area contributed by atoms with Gasteiger partial charge in [-0.05, 0) is 25.3 Å². The molecule has 0 saturated carbocycles.